The maximum Gasteiger partial charge on any atom is 0.573 e. The molecule has 11 heteroatoms. The molecule has 3 heterocycles. The summed E-state index contributed by atoms with van der Waals surface area (Å²) in [6.07, 6.45) is -3.06. The lowest BCUT2D eigenvalue weighted by molar-refractivity contribution is -0.274. The van der Waals surface area contributed by atoms with Crippen LogP contribution >= 0.6 is 11.6 Å². The van der Waals surface area contributed by atoms with Crippen LogP contribution in [0.5, 0.6) is 11.5 Å². The number of benzene rings is 2. The number of hydrogen-bond donors (Lipinski definition) is 1. The lowest BCUT2D eigenvalue weighted by atomic mass is 10.1. The molecule has 35 heavy (non-hydrogen) atoms. The molecule has 3 aromatic heterocycles. The molecule has 0 atom stereocenters. The predicted molar refractivity (Wildman–Crippen MR) is 125 cm³/mol. The first-order valence-corrected chi connectivity index (χ1v) is 10.6. The van der Waals surface area contributed by atoms with Gasteiger partial charge in [0.1, 0.15) is 11.5 Å². The lowest BCUT2D eigenvalue weighted by Gasteiger charge is -2.09. The molecular weight excluding hydrogens is 485 g/mol. The topological polar surface area (TPSA) is 81.5 Å². The zero-order valence-corrected chi connectivity index (χ0v) is 19.0. The number of ether oxygens (including phenoxy) is 2. The minimum atomic E-state index is -4.75. The molecule has 0 fully saturated rings. The van der Waals surface area contributed by atoms with Gasteiger partial charge in [-0.25, -0.2) is 9.50 Å². The SMILES string of the molecule is COc1cc2[nH]c(-c3nc4ccc(-c5ccc(OC(F)(F)F)cc5)cn4n3)c(C)c(=O)c2cc1Cl. The Morgan fingerprint density at radius 1 is 1.06 bits per heavy atom. The zero-order valence-electron chi connectivity index (χ0n) is 18.3. The highest BCUT2D eigenvalue weighted by Crippen LogP contribution is 2.30. The highest BCUT2D eigenvalue weighted by Gasteiger charge is 2.31. The highest BCUT2D eigenvalue weighted by atomic mass is 35.5. The van der Waals surface area contributed by atoms with Crippen LogP contribution in [0, 0.1) is 6.92 Å². The second-order valence-corrected chi connectivity index (χ2v) is 8.12. The molecule has 0 bridgehead atoms. The summed E-state index contributed by atoms with van der Waals surface area (Å²) in [5, 5.41) is 5.25. The van der Waals surface area contributed by atoms with Gasteiger partial charge < -0.3 is 14.5 Å². The van der Waals surface area contributed by atoms with Gasteiger partial charge in [0.15, 0.2) is 16.9 Å². The van der Waals surface area contributed by atoms with E-state index < -0.39 is 6.36 Å². The molecule has 0 saturated heterocycles. The molecule has 0 saturated carbocycles. The quantitative estimate of drug-likeness (QED) is 0.338. The van der Waals surface area contributed by atoms with Gasteiger partial charge in [0.25, 0.3) is 0 Å². The molecule has 0 aliphatic carbocycles. The summed E-state index contributed by atoms with van der Waals surface area (Å²) in [4.78, 5) is 20.7. The first-order chi connectivity index (χ1) is 16.6. The molecule has 1 N–H and O–H groups in total. The fraction of sp³-hybridized carbons (Fsp3) is 0.125. The number of nitrogens with zero attached hydrogens (tertiary/aromatic N) is 3. The van der Waals surface area contributed by atoms with Gasteiger partial charge in [-0.2, -0.15) is 0 Å². The Morgan fingerprint density at radius 2 is 1.77 bits per heavy atom. The van der Waals surface area contributed by atoms with Gasteiger partial charge in [0.05, 0.1) is 23.3 Å². The Hall–Kier alpha value is -4.05. The number of rotatable bonds is 4. The summed E-state index contributed by atoms with van der Waals surface area (Å²) >= 11 is 6.18. The van der Waals surface area contributed by atoms with Gasteiger partial charge >= 0.3 is 6.36 Å². The Bertz CT molecular complexity index is 1640. The van der Waals surface area contributed by atoms with E-state index in [0.717, 1.165) is 0 Å². The molecule has 0 aliphatic rings. The Morgan fingerprint density at radius 3 is 2.46 bits per heavy atom. The summed E-state index contributed by atoms with van der Waals surface area (Å²) in [6, 6.07) is 12.2. The Kier molecular flexibility index (Phi) is 5.40. The van der Waals surface area contributed by atoms with Crippen molar-refractivity contribution in [3.63, 3.8) is 0 Å². The average molecular weight is 501 g/mol. The number of fused-ring (bicyclic) bond motifs is 2. The number of methoxy groups -OCH3 is 1. The third-order valence-corrected chi connectivity index (χ3v) is 5.78. The minimum absolute atomic E-state index is 0.209. The molecule has 7 nitrogen and oxygen atoms in total. The first-order valence-electron chi connectivity index (χ1n) is 10.3. The monoisotopic (exact) mass is 500 g/mol. The van der Waals surface area contributed by atoms with Crippen LogP contribution in [0.2, 0.25) is 5.02 Å². The van der Waals surface area contributed by atoms with E-state index >= 15 is 0 Å². The van der Waals surface area contributed by atoms with Crippen LogP contribution in [0.15, 0.2) is 59.5 Å². The molecular formula is C24H16ClF3N4O3. The molecule has 2 aromatic carbocycles. The van der Waals surface area contributed by atoms with Crippen molar-refractivity contribution in [2.75, 3.05) is 7.11 Å². The van der Waals surface area contributed by atoms with E-state index in [9.17, 15) is 18.0 Å². The van der Waals surface area contributed by atoms with E-state index in [1.807, 2.05) is 0 Å². The Labute approximate surface area is 200 Å². The summed E-state index contributed by atoms with van der Waals surface area (Å²) in [5.41, 5.74) is 3.08. The van der Waals surface area contributed by atoms with Crippen molar-refractivity contribution in [3.05, 3.63) is 75.5 Å². The van der Waals surface area contributed by atoms with E-state index in [-0.39, 0.29) is 11.2 Å². The summed E-state index contributed by atoms with van der Waals surface area (Å²) in [6.45, 7) is 1.67. The van der Waals surface area contributed by atoms with Gasteiger partial charge in [-0.15, -0.1) is 18.3 Å². The van der Waals surface area contributed by atoms with Crippen LogP contribution in [0.1, 0.15) is 5.56 Å². The summed E-state index contributed by atoms with van der Waals surface area (Å²) < 4.78 is 47.9. The van der Waals surface area contributed by atoms with Crippen molar-refractivity contribution in [2.45, 2.75) is 13.3 Å². The molecule has 5 rings (SSSR count). The van der Waals surface area contributed by atoms with Crippen LogP contribution in [0.4, 0.5) is 13.2 Å². The molecule has 0 aliphatic heterocycles. The molecule has 0 unspecified atom stereocenters. The van der Waals surface area contributed by atoms with E-state index in [1.165, 1.54) is 35.9 Å². The number of nitrogens with one attached hydrogen (secondary N) is 1. The number of H-pyrrole nitrogens is 1. The summed E-state index contributed by atoms with van der Waals surface area (Å²) in [7, 11) is 1.48. The number of halogens is 4. The predicted octanol–water partition coefficient (Wildman–Crippen LogP) is 5.77. The van der Waals surface area contributed by atoms with Gasteiger partial charge in [-0.3, -0.25) is 4.79 Å². The third-order valence-electron chi connectivity index (χ3n) is 5.49. The fourth-order valence-corrected chi connectivity index (χ4v) is 4.02. The van der Waals surface area contributed by atoms with Crippen molar-refractivity contribution >= 4 is 28.2 Å². The van der Waals surface area contributed by atoms with E-state index in [4.69, 9.17) is 16.3 Å². The highest BCUT2D eigenvalue weighted by molar-refractivity contribution is 6.32. The number of pyridine rings is 2. The van der Waals surface area contributed by atoms with Gasteiger partial charge in [0, 0.05) is 28.8 Å². The fourth-order valence-electron chi connectivity index (χ4n) is 3.78. The smallest absolute Gasteiger partial charge is 0.495 e. The second kappa shape index (κ2) is 8.31. The van der Waals surface area contributed by atoms with Crippen LogP contribution in [0.3, 0.4) is 0 Å². The van der Waals surface area contributed by atoms with Gasteiger partial charge in [-0.1, -0.05) is 23.7 Å². The number of alkyl halides is 3. The largest absolute Gasteiger partial charge is 0.573 e. The first kappa shape index (κ1) is 22.7. The second-order valence-electron chi connectivity index (χ2n) is 7.71. The van der Waals surface area contributed by atoms with Crippen molar-refractivity contribution in [2.24, 2.45) is 0 Å². The molecule has 5 aromatic rings. The molecule has 0 amide bonds. The maximum absolute atomic E-state index is 13.0. The standard InChI is InChI=1S/C24H16ClF3N4O3/c1-12-21(29-18-10-19(34-2)17(25)9-16(18)22(12)33)23-30-20-8-5-14(11-32(20)31-23)13-3-6-15(7-4-13)35-24(26,27)28/h3-11H,1-2H3,(H,29,33). The van der Waals surface area contributed by atoms with Gasteiger partial charge in [-0.05, 0) is 42.8 Å². The van der Waals surface area contributed by atoms with Crippen LogP contribution in [0.25, 0.3) is 39.2 Å². The minimum Gasteiger partial charge on any atom is -0.495 e. The molecule has 0 radical (unpaired) electrons. The van der Waals surface area contributed by atoms with E-state index in [0.29, 0.717) is 55.5 Å². The maximum atomic E-state index is 13.0. The molecule has 0 spiro atoms. The normalized spacial score (nSPS) is 11.8. The number of aromatic nitrogens is 4. The third kappa shape index (κ3) is 4.28. The van der Waals surface area contributed by atoms with Crippen LogP contribution in [-0.4, -0.2) is 33.1 Å². The van der Waals surface area contributed by atoms with Crippen LogP contribution < -0.4 is 14.9 Å². The number of aromatic amines is 1. The summed E-state index contributed by atoms with van der Waals surface area (Å²) in [5.74, 6) is 0.421. The average Bonchev–Trinajstić information content (AvgIpc) is 3.24. The van der Waals surface area contributed by atoms with Crippen molar-refractivity contribution in [3.8, 4) is 34.1 Å². The lowest BCUT2D eigenvalue weighted by Crippen LogP contribution is -2.16. The van der Waals surface area contributed by atoms with Crippen molar-refractivity contribution < 1.29 is 22.6 Å². The zero-order chi connectivity index (χ0) is 24.9. The van der Waals surface area contributed by atoms with Crippen molar-refractivity contribution in [1.29, 1.82) is 0 Å². The van der Waals surface area contributed by atoms with Crippen LogP contribution in [-0.2, 0) is 0 Å². The number of hydrogen-bond acceptors (Lipinski definition) is 5. The van der Waals surface area contributed by atoms with Crippen molar-refractivity contribution in [1.82, 2.24) is 19.6 Å². The van der Waals surface area contributed by atoms with E-state index in [1.54, 1.807) is 37.4 Å². The van der Waals surface area contributed by atoms with Gasteiger partial charge in [0.2, 0.25) is 0 Å². The van der Waals surface area contributed by atoms with E-state index in [2.05, 4.69) is 19.8 Å². The Balaban J connectivity index is 1.55. The molecule has 178 valence electrons.